The van der Waals surface area contributed by atoms with E-state index in [1.165, 1.54) is 5.56 Å². The van der Waals surface area contributed by atoms with Gasteiger partial charge in [-0.05, 0) is 40.4 Å². The summed E-state index contributed by atoms with van der Waals surface area (Å²) in [6.45, 7) is 1.59. The zero-order valence-corrected chi connectivity index (χ0v) is 13.0. The number of nitrogens with one attached hydrogen (secondary N) is 2. The molecule has 106 valence electrons. The zero-order valence-electron chi connectivity index (χ0n) is 11.4. The second-order valence-electron chi connectivity index (χ2n) is 4.33. The number of aliphatic imine (C=N–C) groups is 1. The fourth-order valence-corrected chi connectivity index (χ4v) is 2.72. The monoisotopic (exact) mass is 307 g/mol. The molecule has 0 aliphatic heterocycles. The van der Waals surface area contributed by atoms with Crippen molar-refractivity contribution in [2.45, 2.75) is 13.0 Å². The summed E-state index contributed by atoms with van der Waals surface area (Å²) in [5, 5.41) is 11.6. The van der Waals surface area contributed by atoms with E-state index in [-0.39, 0.29) is 0 Å². The second-order valence-corrected chi connectivity index (χ2v) is 5.51. The van der Waals surface area contributed by atoms with Crippen LogP contribution in [0.3, 0.4) is 0 Å². The predicted octanol–water partition coefficient (Wildman–Crippen LogP) is 3.31. The molecule has 1 heterocycles. The summed E-state index contributed by atoms with van der Waals surface area (Å²) in [7, 11) is 1.78. The fraction of sp³-hybridized carbons (Fsp3) is 0.267. The molecule has 0 bridgehead atoms. The van der Waals surface area contributed by atoms with Crippen molar-refractivity contribution in [3.8, 4) is 0 Å². The average molecular weight is 308 g/mol. The number of thiophene rings is 1. The van der Waals surface area contributed by atoms with Crippen molar-refractivity contribution in [1.29, 1.82) is 0 Å². The lowest BCUT2D eigenvalue weighted by atomic mass is 10.1. The van der Waals surface area contributed by atoms with Gasteiger partial charge in [0.1, 0.15) is 0 Å². The lowest BCUT2D eigenvalue weighted by Gasteiger charge is -2.11. The Morgan fingerprint density at radius 1 is 1.25 bits per heavy atom. The third-order valence-electron chi connectivity index (χ3n) is 2.91. The van der Waals surface area contributed by atoms with Crippen LogP contribution in [0, 0.1) is 0 Å². The number of rotatable bonds is 5. The topological polar surface area (TPSA) is 36.4 Å². The summed E-state index contributed by atoms with van der Waals surface area (Å²) in [5.41, 5.74) is 2.42. The Kier molecular flexibility index (Phi) is 5.89. The molecule has 0 radical (unpaired) electrons. The molecule has 2 rings (SSSR count). The highest BCUT2D eigenvalue weighted by atomic mass is 35.5. The molecular weight excluding hydrogens is 290 g/mol. The normalized spacial score (nSPS) is 11.4. The summed E-state index contributed by atoms with van der Waals surface area (Å²) in [6.07, 6.45) is 0.874. The molecule has 2 aromatic rings. The summed E-state index contributed by atoms with van der Waals surface area (Å²) < 4.78 is 0. The highest BCUT2D eigenvalue weighted by Crippen LogP contribution is 2.14. The maximum absolute atomic E-state index is 6.13. The third kappa shape index (κ3) is 4.54. The number of hydrogen-bond acceptors (Lipinski definition) is 2. The Morgan fingerprint density at radius 3 is 2.80 bits per heavy atom. The van der Waals surface area contributed by atoms with Crippen molar-refractivity contribution in [3.05, 3.63) is 57.2 Å². The highest BCUT2D eigenvalue weighted by molar-refractivity contribution is 7.07. The van der Waals surface area contributed by atoms with Crippen LogP contribution in [0.15, 0.2) is 46.1 Å². The molecule has 3 nitrogen and oxygen atoms in total. The van der Waals surface area contributed by atoms with E-state index in [2.05, 4.69) is 32.5 Å². The van der Waals surface area contributed by atoms with Crippen molar-refractivity contribution in [3.63, 3.8) is 0 Å². The first-order chi connectivity index (χ1) is 9.79. The SMILES string of the molecule is CN=C(NCCc1ccccc1Cl)NCc1ccsc1. The van der Waals surface area contributed by atoms with Gasteiger partial charge in [0.2, 0.25) is 0 Å². The van der Waals surface area contributed by atoms with Crippen LogP contribution in [0.1, 0.15) is 11.1 Å². The van der Waals surface area contributed by atoms with Crippen LogP contribution in [0.25, 0.3) is 0 Å². The highest BCUT2D eigenvalue weighted by Gasteiger charge is 2.01. The van der Waals surface area contributed by atoms with Gasteiger partial charge in [0.25, 0.3) is 0 Å². The van der Waals surface area contributed by atoms with E-state index in [0.717, 1.165) is 36.1 Å². The number of guanidine groups is 1. The molecule has 0 atom stereocenters. The van der Waals surface area contributed by atoms with Crippen molar-refractivity contribution in [2.24, 2.45) is 4.99 Å². The maximum atomic E-state index is 6.13. The lowest BCUT2D eigenvalue weighted by molar-refractivity contribution is 0.796. The molecular formula is C15H18ClN3S. The van der Waals surface area contributed by atoms with Gasteiger partial charge in [-0.1, -0.05) is 29.8 Å². The molecule has 0 aliphatic rings. The summed E-state index contributed by atoms with van der Waals surface area (Å²) >= 11 is 7.83. The van der Waals surface area contributed by atoms with E-state index >= 15 is 0 Å². The summed E-state index contributed by atoms with van der Waals surface area (Å²) in [6, 6.07) is 10.0. The van der Waals surface area contributed by atoms with Gasteiger partial charge in [0, 0.05) is 25.2 Å². The molecule has 0 saturated carbocycles. The Labute approximate surface area is 128 Å². The molecule has 0 aliphatic carbocycles. The van der Waals surface area contributed by atoms with Crippen LogP contribution in [0.5, 0.6) is 0 Å². The lowest BCUT2D eigenvalue weighted by Crippen LogP contribution is -2.37. The van der Waals surface area contributed by atoms with E-state index in [1.54, 1.807) is 18.4 Å². The minimum atomic E-state index is 0.787. The van der Waals surface area contributed by atoms with Crippen molar-refractivity contribution < 1.29 is 0 Å². The Morgan fingerprint density at radius 2 is 2.10 bits per heavy atom. The van der Waals surface area contributed by atoms with E-state index in [9.17, 15) is 0 Å². The average Bonchev–Trinajstić information content (AvgIpc) is 2.98. The van der Waals surface area contributed by atoms with Crippen molar-refractivity contribution >= 4 is 28.9 Å². The van der Waals surface area contributed by atoms with Crippen LogP contribution in [0.4, 0.5) is 0 Å². The van der Waals surface area contributed by atoms with Gasteiger partial charge >= 0.3 is 0 Å². The van der Waals surface area contributed by atoms with Gasteiger partial charge in [0.05, 0.1) is 0 Å². The molecule has 0 unspecified atom stereocenters. The van der Waals surface area contributed by atoms with Crippen LogP contribution in [0.2, 0.25) is 5.02 Å². The first-order valence-electron chi connectivity index (χ1n) is 6.48. The zero-order chi connectivity index (χ0) is 14.2. The van der Waals surface area contributed by atoms with Crippen LogP contribution in [-0.2, 0) is 13.0 Å². The number of hydrogen-bond donors (Lipinski definition) is 2. The minimum Gasteiger partial charge on any atom is -0.356 e. The summed E-state index contributed by atoms with van der Waals surface area (Å²) in [5.74, 6) is 0.809. The molecule has 0 amide bonds. The molecule has 0 spiro atoms. The standard InChI is InChI=1S/C15H18ClN3S/c1-17-15(19-10-12-7-9-20-11-12)18-8-6-13-4-2-3-5-14(13)16/h2-5,7,9,11H,6,8,10H2,1H3,(H2,17,18,19). The van der Waals surface area contributed by atoms with Crippen LogP contribution < -0.4 is 10.6 Å². The van der Waals surface area contributed by atoms with Gasteiger partial charge in [-0.15, -0.1) is 0 Å². The van der Waals surface area contributed by atoms with Gasteiger partial charge in [0.15, 0.2) is 5.96 Å². The van der Waals surface area contributed by atoms with Gasteiger partial charge in [-0.3, -0.25) is 4.99 Å². The van der Waals surface area contributed by atoms with E-state index < -0.39 is 0 Å². The largest absolute Gasteiger partial charge is 0.356 e. The molecule has 2 N–H and O–H groups in total. The Hall–Kier alpha value is -1.52. The number of nitrogens with zero attached hydrogens (tertiary/aromatic N) is 1. The van der Waals surface area contributed by atoms with Gasteiger partial charge in [-0.2, -0.15) is 11.3 Å². The second kappa shape index (κ2) is 7.92. The van der Waals surface area contributed by atoms with E-state index in [1.807, 2.05) is 24.3 Å². The molecule has 0 saturated heterocycles. The molecule has 1 aromatic carbocycles. The first-order valence-corrected chi connectivity index (χ1v) is 7.80. The molecule has 20 heavy (non-hydrogen) atoms. The quantitative estimate of drug-likeness (QED) is 0.657. The predicted molar refractivity (Wildman–Crippen MR) is 87.7 cm³/mol. The third-order valence-corrected chi connectivity index (χ3v) is 4.01. The van der Waals surface area contributed by atoms with Gasteiger partial charge < -0.3 is 10.6 Å². The minimum absolute atomic E-state index is 0.787. The van der Waals surface area contributed by atoms with Crippen molar-refractivity contribution in [1.82, 2.24) is 10.6 Å². The van der Waals surface area contributed by atoms with E-state index in [4.69, 9.17) is 11.6 Å². The van der Waals surface area contributed by atoms with Crippen LogP contribution >= 0.6 is 22.9 Å². The maximum Gasteiger partial charge on any atom is 0.191 e. The molecule has 0 fully saturated rings. The van der Waals surface area contributed by atoms with E-state index in [0.29, 0.717) is 0 Å². The number of benzene rings is 1. The Bertz CT molecular complexity index is 552. The fourth-order valence-electron chi connectivity index (χ4n) is 1.82. The summed E-state index contributed by atoms with van der Waals surface area (Å²) in [4.78, 5) is 4.21. The van der Waals surface area contributed by atoms with Gasteiger partial charge in [-0.25, -0.2) is 0 Å². The first kappa shape index (κ1) is 14.9. The molecule has 1 aromatic heterocycles. The van der Waals surface area contributed by atoms with Crippen molar-refractivity contribution in [2.75, 3.05) is 13.6 Å². The smallest absolute Gasteiger partial charge is 0.191 e. The number of halogens is 1. The Balaban J connectivity index is 1.75. The molecule has 5 heteroatoms. The van der Waals surface area contributed by atoms with Crippen LogP contribution in [-0.4, -0.2) is 19.6 Å².